The molecule has 0 saturated carbocycles. The lowest BCUT2D eigenvalue weighted by atomic mass is 9.43. The summed E-state index contributed by atoms with van der Waals surface area (Å²) in [5.74, 6) is 0. The summed E-state index contributed by atoms with van der Waals surface area (Å²) in [4.78, 5) is 5.07. The molecule has 202 valence electrons. The molecule has 0 aliphatic carbocycles. The van der Waals surface area contributed by atoms with Gasteiger partial charge >= 0.3 is 6.85 Å². The van der Waals surface area contributed by atoms with Gasteiger partial charge in [0.1, 0.15) is 0 Å². The Morgan fingerprint density at radius 3 is 2.14 bits per heavy atom. The van der Waals surface area contributed by atoms with E-state index in [2.05, 4.69) is 162 Å². The van der Waals surface area contributed by atoms with Crippen LogP contribution in [0.4, 0.5) is 28.4 Å². The molecule has 2 aliphatic rings. The fourth-order valence-electron chi connectivity index (χ4n) is 7.18. The Morgan fingerprint density at radius 2 is 1.28 bits per heavy atom. The predicted octanol–water partition coefficient (Wildman–Crippen LogP) is 9.58. The normalized spacial score (nSPS) is 13.1. The summed E-state index contributed by atoms with van der Waals surface area (Å²) in [6, 6.07) is 51.5. The zero-order valence-corrected chi connectivity index (χ0v) is 24.6. The molecule has 9 rings (SSSR count). The van der Waals surface area contributed by atoms with Crippen LogP contribution in [0.2, 0.25) is 0 Å². The number of thiophene rings is 1. The smallest absolute Gasteiger partial charge is 0.333 e. The Labute approximate surface area is 256 Å². The summed E-state index contributed by atoms with van der Waals surface area (Å²) >= 11 is 1.80. The third kappa shape index (κ3) is 3.60. The number of hydrogen-bond donors (Lipinski definition) is 0. The Morgan fingerprint density at radius 1 is 0.558 bits per heavy atom. The van der Waals surface area contributed by atoms with E-state index in [-0.39, 0.29) is 6.85 Å². The molecule has 0 N–H and O–H groups in total. The van der Waals surface area contributed by atoms with Gasteiger partial charge in [0, 0.05) is 44.0 Å². The highest BCUT2D eigenvalue weighted by molar-refractivity contribution is 7.17. The van der Waals surface area contributed by atoms with Crippen molar-refractivity contribution in [2.24, 2.45) is 0 Å². The maximum absolute atomic E-state index is 2.55. The van der Waals surface area contributed by atoms with Crippen LogP contribution in [0.1, 0.15) is 5.56 Å². The first-order valence-corrected chi connectivity index (χ1v) is 15.7. The Balaban J connectivity index is 1.38. The molecule has 1 aromatic heterocycles. The van der Waals surface area contributed by atoms with E-state index < -0.39 is 0 Å². The van der Waals surface area contributed by atoms with Gasteiger partial charge in [-0.2, -0.15) is 0 Å². The number of fused-ring (bicyclic) bond motifs is 5. The molecule has 4 heteroatoms. The minimum absolute atomic E-state index is 0.0429. The molecular formula is C39H27BN2S. The highest BCUT2D eigenvalue weighted by Crippen LogP contribution is 2.49. The number of para-hydroxylation sites is 2. The molecule has 2 nitrogen and oxygen atoms in total. The van der Waals surface area contributed by atoms with Crippen molar-refractivity contribution in [1.82, 2.24) is 0 Å². The zero-order chi connectivity index (χ0) is 28.5. The minimum atomic E-state index is 0.0429. The van der Waals surface area contributed by atoms with Crippen molar-refractivity contribution in [1.29, 1.82) is 0 Å². The fraction of sp³-hybridized carbons (Fsp3) is 0.0256. The van der Waals surface area contributed by atoms with Crippen LogP contribution >= 0.6 is 11.3 Å². The first kappa shape index (κ1) is 24.5. The van der Waals surface area contributed by atoms with Gasteiger partial charge in [-0.3, -0.25) is 0 Å². The average Bonchev–Trinajstić information content (AvgIpc) is 3.55. The van der Waals surface area contributed by atoms with Crippen LogP contribution in [-0.2, 0) is 0 Å². The first-order valence-electron chi connectivity index (χ1n) is 14.8. The lowest BCUT2D eigenvalue weighted by Crippen LogP contribution is -2.61. The van der Waals surface area contributed by atoms with Gasteiger partial charge < -0.3 is 9.71 Å². The quantitative estimate of drug-likeness (QED) is 0.197. The van der Waals surface area contributed by atoms with Crippen LogP contribution < -0.4 is 20.6 Å². The molecule has 0 spiro atoms. The van der Waals surface area contributed by atoms with E-state index in [0.29, 0.717) is 0 Å². The minimum Gasteiger partial charge on any atom is -0.376 e. The molecule has 0 fully saturated rings. The van der Waals surface area contributed by atoms with Crippen LogP contribution in [0.3, 0.4) is 0 Å². The van der Waals surface area contributed by atoms with E-state index in [9.17, 15) is 0 Å². The van der Waals surface area contributed by atoms with Crippen LogP contribution in [-0.4, -0.2) is 6.85 Å². The number of benzene rings is 6. The van der Waals surface area contributed by atoms with E-state index in [1.54, 1.807) is 11.3 Å². The lowest BCUT2D eigenvalue weighted by molar-refractivity contribution is 1.27. The van der Waals surface area contributed by atoms with Gasteiger partial charge in [-0.05, 0) is 82.9 Å². The van der Waals surface area contributed by atoms with Crippen molar-refractivity contribution in [2.45, 2.75) is 6.92 Å². The average molecular weight is 567 g/mol. The highest BCUT2D eigenvalue weighted by atomic mass is 32.1. The van der Waals surface area contributed by atoms with Gasteiger partial charge in [0.15, 0.2) is 0 Å². The van der Waals surface area contributed by atoms with Crippen LogP contribution in [0.5, 0.6) is 0 Å². The molecule has 43 heavy (non-hydrogen) atoms. The second kappa shape index (κ2) is 9.48. The summed E-state index contributed by atoms with van der Waals surface area (Å²) in [7, 11) is 0. The van der Waals surface area contributed by atoms with E-state index in [4.69, 9.17) is 0 Å². The monoisotopic (exact) mass is 566 g/mol. The van der Waals surface area contributed by atoms with Crippen molar-refractivity contribution < 1.29 is 0 Å². The van der Waals surface area contributed by atoms with Gasteiger partial charge in [0.2, 0.25) is 0 Å². The standard InChI is InChI=1S/C39H27BN2S/c1-26-18-20-28(21-19-26)42-33-15-7-5-12-29(33)30-13-9-17-36-39(30)40(42)32-14-6-8-16-34(32)41(36)35-22-23-37-31(24-25-43-37)38(35)27-10-3-2-4-11-27/h2-25H,1H3. The van der Waals surface area contributed by atoms with Crippen LogP contribution in [0.15, 0.2) is 145 Å². The third-order valence-corrected chi connectivity index (χ3v) is 9.89. The lowest BCUT2D eigenvalue weighted by Gasteiger charge is -2.46. The maximum Gasteiger partial charge on any atom is 0.333 e. The molecular weight excluding hydrogens is 539 g/mol. The summed E-state index contributed by atoms with van der Waals surface area (Å²) in [5, 5.41) is 3.51. The number of hydrogen-bond acceptors (Lipinski definition) is 3. The van der Waals surface area contributed by atoms with E-state index in [1.165, 1.54) is 77.3 Å². The van der Waals surface area contributed by atoms with Crippen LogP contribution in [0.25, 0.3) is 32.3 Å². The van der Waals surface area contributed by atoms with Gasteiger partial charge in [0.25, 0.3) is 0 Å². The number of anilines is 5. The maximum atomic E-state index is 2.55. The van der Waals surface area contributed by atoms with Crippen molar-refractivity contribution in [3.8, 4) is 22.3 Å². The van der Waals surface area contributed by atoms with Crippen molar-refractivity contribution in [3.05, 3.63) is 150 Å². The Kier molecular flexibility index (Phi) is 5.41. The highest BCUT2D eigenvalue weighted by Gasteiger charge is 2.44. The van der Waals surface area contributed by atoms with Gasteiger partial charge in [0.05, 0.1) is 5.69 Å². The van der Waals surface area contributed by atoms with Gasteiger partial charge in [-0.15, -0.1) is 11.3 Å². The molecule has 2 aliphatic heterocycles. The summed E-state index contributed by atoms with van der Waals surface area (Å²) < 4.78 is 1.31. The van der Waals surface area contributed by atoms with E-state index >= 15 is 0 Å². The second-order valence-corrected chi connectivity index (χ2v) is 12.4. The topological polar surface area (TPSA) is 6.48 Å². The van der Waals surface area contributed by atoms with Crippen molar-refractivity contribution >= 4 is 67.6 Å². The second-order valence-electron chi connectivity index (χ2n) is 11.4. The third-order valence-electron chi connectivity index (χ3n) is 9.01. The van der Waals surface area contributed by atoms with Gasteiger partial charge in [-0.25, -0.2) is 0 Å². The zero-order valence-electron chi connectivity index (χ0n) is 23.7. The summed E-state index contributed by atoms with van der Waals surface area (Å²) in [6.45, 7) is 2.20. The molecule has 0 atom stereocenters. The van der Waals surface area contributed by atoms with E-state index in [0.717, 1.165) is 0 Å². The largest absolute Gasteiger partial charge is 0.376 e. The molecule has 0 saturated heterocycles. The first-order chi connectivity index (χ1) is 21.3. The van der Waals surface area contributed by atoms with Gasteiger partial charge in [-0.1, -0.05) is 96.6 Å². The molecule has 0 unspecified atom stereocenters. The van der Waals surface area contributed by atoms with Crippen molar-refractivity contribution in [2.75, 3.05) is 9.71 Å². The van der Waals surface area contributed by atoms with E-state index in [1.807, 2.05) is 0 Å². The SMILES string of the molecule is Cc1ccc(N2B3c4ccccc4N(c4ccc5sccc5c4-c4ccccc4)c4cccc(c43)-c3ccccc32)cc1. The Hall–Kier alpha value is -5.06. The molecule has 6 aromatic carbocycles. The molecule has 0 radical (unpaired) electrons. The number of aryl methyl sites for hydroxylation is 1. The van der Waals surface area contributed by atoms with Crippen LogP contribution in [0, 0.1) is 6.92 Å². The summed E-state index contributed by atoms with van der Waals surface area (Å²) in [6.07, 6.45) is 0. The summed E-state index contributed by atoms with van der Waals surface area (Å²) in [5.41, 5.74) is 15.1. The molecule has 0 bridgehead atoms. The number of rotatable bonds is 3. The molecule has 7 aromatic rings. The number of nitrogens with zero attached hydrogens (tertiary/aromatic N) is 2. The molecule has 3 heterocycles. The molecule has 0 amide bonds. The predicted molar refractivity (Wildman–Crippen MR) is 186 cm³/mol. The Bertz CT molecular complexity index is 2170. The fourth-order valence-corrected chi connectivity index (χ4v) is 7.97. The van der Waals surface area contributed by atoms with Crippen molar-refractivity contribution in [3.63, 3.8) is 0 Å².